The third kappa shape index (κ3) is 3.96. The molecule has 0 unspecified atom stereocenters. The molecular weight excluding hydrogens is 242 g/mol. The summed E-state index contributed by atoms with van der Waals surface area (Å²) in [6, 6.07) is 6.42. The zero-order chi connectivity index (χ0) is 13.7. The van der Waals surface area contributed by atoms with Crippen LogP contribution in [0.2, 0.25) is 0 Å². The number of methoxy groups -OCH3 is 1. The first kappa shape index (κ1) is 13.9. The molecule has 0 aromatic heterocycles. The molecule has 0 radical (unpaired) electrons. The summed E-state index contributed by atoms with van der Waals surface area (Å²) in [7, 11) is 3.45. The van der Waals surface area contributed by atoms with Crippen LogP contribution in [0.3, 0.4) is 0 Å². The van der Waals surface area contributed by atoms with Gasteiger partial charge in [-0.3, -0.25) is 4.79 Å². The van der Waals surface area contributed by atoms with Gasteiger partial charge in [0.25, 0.3) is 0 Å². The van der Waals surface area contributed by atoms with Gasteiger partial charge in [0.1, 0.15) is 5.75 Å². The zero-order valence-corrected chi connectivity index (χ0v) is 11.6. The summed E-state index contributed by atoms with van der Waals surface area (Å²) in [5.41, 5.74) is 2.64. The minimum absolute atomic E-state index is 0.151. The summed E-state index contributed by atoms with van der Waals surface area (Å²) in [6.45, 7) is 2.48. The highest BCUT2D eigenvalue weighted by atomic mass is 16.5. The van der Waals surface area contributed by atoms with Crippen molar-refractivity contribution in [2.45, 2.75) is 19.3 Å². The standard InChI is InChI=1S/C15H21NO3/c1-16(9-6-15(17)18-2)8-5-12-3-4-14-13(11-12)7-10-19-14/h3-4,11H,5-10H2,1-2H3. The predicted octanol–water partition coefficient (Wildman–Crippen LogP) is 1.66. The highest BCUT2D eigenvalue weighted by Gasteiger charge is 2.12. The molecule has 0 saturated heterocycles. The van der Waals surface area contributed by atoms with Crippen LogP contribution in [0.15, 0.2) is 18.2 Å². The Labute approximate surface area is 114 Å². The lowest BCUT2D eigenvalue weighted by Gasteiger charge is -2.15. The fraction of sp³-hybridized carbons (Fsp3) is 0.533. The van der Waals surface area contributed by atoms with Crippen molar-refractivity contribution < 1.29 is 14.3 Å². The Morgan fingerprint density at radius 2 is 2.26 bits per heavy atom. The van der Waals surface area contributed by atoms with E-state index in [9.17, 15) is 4.79 Å². The van der Waals surface area contributed by atoms with Crippen LogP contribution < -0.4 is 4.74 Å². The van der Waals surface area contributed by atoms with Crippen molar-refractivity contribution >= 4 is 5.97 Å². The monoisotopic (exact) mass is 263 g/mol. The van der Waals surface area contributed by atoms with Gasteiger partial charge in [-0.05, 0) is 30.7 Å². The van der Waals surface area contributed by atoms with Crippen molar-refractivity contribution in [1.82, 2.24) is 4.90 Å². The largest absolute Gasteiger partial charge is 0.493 e. The molecule has 1 aliphatic rings. The SMILES string of the molecule is COC(=O)CCN(C)CCc1ccc2c(c1)CCO2. The molecule has 19 heavy (non-hydrogen) atoms. The van der Waals surface area contributed by atoms with E-state index in [2.05, 4.69) is 27.8 Å². The summed E-state index contributed by atoms with van der Waals surface area (Å²) in [4.78, 5) is 13.2. The van der Waals surface area contributed by atoms with Crippen LogP contribution in [0.25, 0.3) is 0 Å². The number of ether oxygens (including phenoxy) is 2. The maximum absolute atomic E-state index is 11.1. The van der Waals surface area contributed by atoms with Crippen molar-refractivity contribution in [1.29, 1.82) is 0 Å². The molecule has 1 heterocycles. The molecule has 2 rings (SSSR count). The van der Waals surface area contributed by atoms with Crippen LogP contribution in [0.1, 0.15) is 17.5 Å². The maximum Gasteiger partial charge on any atom is 0.306 e. The second-order valence-corrected chi connectivity index (χ2v) is 4.92. The number of benzene rings is 1. The van der Waals surface area contributed by atoms with E-state index in [1.165, 1.54) is 18.2 Å². The quantitative estimate of drug-likeness (QED) is 0.732. The zero-order valence-electron chi connectivity index (χ0n) is 11.6. The molecule has 4 nitrogen and oxygen atoms in total. The summed E-state index contributed by atoms with van der Waals surface area (Å²) in [6.07, 6.45) is 2.46. The predicted molar refractivity (Wildman–Crippen MR) is 73.5 cm³/mol. The molecule has 0 atom stereocenters. The van der Waals surface area contributed by atoms with Gasteiger partial charge in [0.05, 0.1) is 20.1 Å². The number of carbonyl (C=O) groups excluding carboxylic acids is 1. The molecule has 1 aromatic rings. The minimum Gasteiger partial charge on any atom is -0.493 e. The van der Waals surface area contributed by atoms with Gasteiger partial charge in [0.2, 0.25) is 0 Å². The molecule has 0 aliphatic carbocycles. The van der Waals surface area contributed by atoms with Crippen molar-refractivity contribution in [3.8, 4) is 5.75 Å². The van der Waals surface area contributed by atoms with Gasteiger partial charge < -0.3 is 14.4 Å². The van der Waals surface area contributed by atoms with E-state index in [1.807, 2.05) is 7.05 Å². The topological polar surface area (TPSA) is 38.8 Å². The molecule has 0 saturated carbocycles. The van der Waals surface area contributed by atoms with E-state index in [1.54, 1.807) is 0 Å². The Balaban J connectivity index is 1.77. The van der Waals surface area contributed by atoms with E-state index in [0.29, 0.717) is 6.42 Å². The normalized spacial score (nSPS) is 13.2. The number of esters is 1. The smallest absolute Gasteiger partial charge is 0.306 e. The molecule has 0 bridgehead atoms. The van der Waals surface area contributed by atoms with Crippen molar-refractivity contribution in [3.63, 3.8) is 0 Å². The van der Waals surface area contributed by atoms with Gasteiger partial charge in [0.15, 0.2) is 0 Å². The molecular formula is C15H21NO3. The summed E-state index contributed by atoms with van der Waals surface area (Å²) in [5.74, 6) is 0.879. The average Bonchev–Trinajstić information content (AvgIpc) is 2.89. The van der Waals surface area contributed by atoms with E-state index in [4.69, 9.17) is 4.74 Å². The second-order valence-electron chi connectivity index (χ2n) is 4.92. The van der Waals surface area contributed by atoms with Crippen LogP contribution in [-0.4, -0.2) is 44.7 Å². The van der Waals surface area contributed by atoms with Gasteiger partial charge in [-0.2, -0.15) is 0 Å². The molecule has 1 aromatic carbocycles. The average molecular weight is 263 g/mol. The molecule has 104 valence electrons. The second kappa shape index (κ2) is 6.57. The number of carbonyl (C=O) groups is 1. The molecule has 4 heteroatoms. The Morgan fingerprint density at radius 3 is 3.05 bits per heavy atom. The Bertz CT molecular complexity index is 445. The molecule has 1 aliphatic heterocycles. The first-order chi connectivity index (χ1) is 9.19. The van der Waals surface area contributed by atoms with E-state index < -0.39 is 0 Å². The summed E-state index contributed by atoms with van der Waals surface area (Å²) >= 11 is 0. The summed E-state index contributed by atoms with van der Waals surface area (Å²) in [5, 5.41) is 0. The molecule has 0 spiro atoms. The van der Waals surface area contributed by atoms with Gasteiger partial charge in [-0.15, -0.1) is 0 Å². The van der Waals surface area contributed by atoms with E-state index >= 15 is 0 Å². The van der Waals surface area contributed by atoms with E-state index in [-0.39, 0.29) is 5.97 Å². The number of fused-ring (bicyclic) bond motifs is 1. The number of hydrogen-bond acceptors (Lipinski definition) is 4. The third-order valence-electron chi connectivity index (χ3n) is 3.46. The first-order valence-corrected chi connectivity index (χ1v) is 6.69. The van der Waals surface area contributed by atoms with Gasteiger partial charge in [-0.25, -0.2) is 0 Å². The van der Waals surface area contributed by atoms with Crippen LogP contribution in [0.5, 0.6) is 5.75 Å². The Hall–Kier alpha value is -1.55. The lowest BCUT2D eigenvalue weighted by molar-refractivity contribution is -0.140. The fourth-order valence-corrected chi connectivity index (χ4v) is 2.21. The van der Waals surface area contributed by atoms with Crippen LogP contribution in [-0.2, 0) is 22.4 Å². The lowest BCUT2D eigenvalue weighted by atomic mass is 10.1. The fourth-order valence-electron chi connectivity index (χ4n) is 2.21. The third-order valence-corrected chi connectivity index (χ3v) is 3.46. The van der Waals surface area contributed by atoms with Gasteiger partial charge in [-0.1, -0.05) is 12.1 Å². The first-order valence-electron chi connectivity index (χ1n) is 6.69. The van der Waals surface area contributed by atoms with E-state index in [0.717, 1.165) is 38.3 Å². The van der Waals surface area contributed by atoms with Gasteiger partial charge >= 0.3 is 5.97 Å². The Morgan fingerprint density at radius 1 is 1.42 bits per heavy atom. The summed E-state index contributed by atoms with van der Waals surface area (Å²) < 4.78 is 10.1. The van der Waals surface area contributed by atoms with Gasteiger partial charge in [0, 0.05) is 19.5 Å². The molecule has 0 fully saturated rings. The molecule has 0 amide bonds. The number of likely N-dealkylation sites (N-methyl/N-ethyl adjacent to an activating group) is 1. The van der Waals surface area contributed by atoms with Crippen molar-refractivity contribution in [2.24, 2.45) is 0 Å². The number of nitrogens with zero attached hydrogens (tertiary/aromatic N) is 1. The van der Waals surface area contributed by atoms with Crippen molar-refractivity contribution in [2.75, 3.05) is 33.9 Å². The highest BCUT2D eigenvalue weighted by Crippen LogP contribution is 2.25. The van der Waals surface area contributed by atoms with Crippen LogP contribution in [0, 0.1) is 0 Å². The number of hydrogen-bond donors (Lipinski definition) is 0. The van der Waals surface area contributed by atoms with Crippen LogP contribution >= 0.6 is 0 Å². The Kier molecular flexibility index (Phi) is 4.80. The van der Waals surface area contributed by atoms with Crippen LogP contribution in [0.4, 0.5) is 0 Å². The number of rotatable bonds is 6. The minimum atomic E-state index is -0.151. The van der Waals surface area contributed by atoms with Crippen molar-refractivity contribution in [3.05, 3.63) is 29.3 Å². The maximum atomic E-state index is 11.1. The highest BCUT2D eigenvalue weighted by molar-refractivity contribution is 5.69. The lowest BCUT2D eigenvalue weighted by Crippen LogP contribution is -2.24. The molecule has 0 N–H and O–H groups in total.